The van der Waals surface area contributed by atoms with Gasteiger partial charge in [-0.15, -0.1) is 24.0 Å². The van der Waals surface area contributed by atoms with Gasteiger partial charge in [-0.05, 0) is 45.3 Å². The summed E-state index contributed by atoms with van der Waals surface area (Å²) in [6.07, 6.45) is 4.79. The molecule has 0 amide bonds. The molecule has 0 spiro atoms. The summed E-state index contributed by atoms with van der Waals surface area (Å²) in [5, 5.41) is 6.64. The van der Waals surface area contributed by atoms with Crippen molar-refractivity contribution in [2.24, 2.45) is 4.99 Å². The van der Waals surface area contributed by atoms with Crippen LogP contribution in [0.2, 0.25) is 0 Å². The first-order chi connectivity index (χ1) is 8.78. The second-order valence-corrected chi connectivity index (χ2v) is 4.62. The molecule has 4 nitrogen and oxygen atoms in total. The second-order valence-electron chi connectivity index (χ2n) is 4.62. The minimum Gasteiger partial charge on any atom is -0.356 e. The number of guanidine groups is 1. The molecule has 0 aromatic carbocycles. The van der Waals surface area contributed by atoms with Gasteiger partial charge in [-0.1, -0.05) is 20.8 Å². The predicted molar refractivity (Wildman–Crippen MR) is 96.7 cm³/mol. The van der Waals surface area contributed by atoms with E-state index in [1.165, 1.54) is 38.9 Å². The molecule has 0 aliphatic carbocycles. The van der Waals surface area contributed by atoms with E-state index in [1.54, 1.807) is 0 Å². The van der Waals surface area contributed by atoms with Gasteiger partial charge in [-0.25, -0.2) is 0 Å². The summed E-state index contributed by atoms with van der Waals surface area (Å²) in [4.78, 5) is 6.74. The fourth-order valence-electron chi connectivity index (χ4n) is 1.94. The van der Waals surface area contributed by atoms with Crippen LogP contribution in [0.3, 0.4) is 0 Å². The molecule has 0 bridgehead atoms. The Balaban J connectivity index is 0. The normalized spacial score (nSPS) is 11.3. The van der Waals surface area contributed by atoms with Gasteiger partial charge in [0.2, 0.25) is 0 Å². The number of nitrogens with zero attached hydrogens (tertiary/aromatic N) is 2. The molecule has 0 saturated heterocycles. The van der Waals surface area contributed by atoms with Crippen LogP contribution in [0.25, 0.3) is 0 Å². The molecular weight excluding hydrogens is 351 g/mol. The predicted octanol–water partition coefficient (Wildman–Crippen LogP) is 2.69. The molecule has 116 valence electrons. The molecule has 2 N–H and O–H groups in total. The third kappa shape index (κ3) is 12.7. The minimum absolute atomic E-state index is 0. The highest BCUT2D eigenvalue weighted by atomic mass is 127. The molecule has 0 rings (SSSR count). The van der Waals surface area contributed by atoms with Crippen LogP contribution in [-0.2, 0) is 0 Å². The lowest BCUT2D eigenvalue weighted by atomic mass is 10.3. The van der Waals surface area contributed by atoms with E-state index in [4.69, 9.17) is 0 Å². The SMILES string of the molecule is CCCNC(=NC)NCCCN(CCC)CCC.I. The van der Waals surface area contributed by atoms with Crippen LogP contribution >= 0.6 is 24.0 Å². The Hall–Kier alpha value is -0.0400. The molecule has 5 heteroatoms. The van der Waals surface area contributed by atoms with E-state index in [2.05, 4.69) is 41.3 Å². The summed E-state index contributed by atoms with van der Waals surface area (Å²) >= 11 is 0. The van der Waals surface area contributed by atoms with E-state index >= 15 is 0 Å². The van der Waals surface area contributed by atoms with Gasteiger partial charge in [-0.2, -0.15) is 0 Å². The van der Waals surface area contributed by atoms with Gasteiger partial charge in [-0.3, -0.25) is 4.99 Å². The van der Waals surface area contributed by atoms with Gasteiger partial charge in [0.15, 0.2) is 5.96 Å². The molecule has 0 aliphatic heterocycles. The van der Waals surface area contributed by atoms with E-state index in [0.717, 1.165) is 25.5 Å². The van der Waals surface area contributed by atoms with Crippen molar-refractivity contribution in [3.63, 3.8) is 0 Å². The number of hydrogen-bond donors (Lipinski definition) is 2. The maximum atomic E-state index is 4.20. The topological polar surface area (TPSA) is 39.7 Å². The van der Waals surface area contributed by atoms with Crippen LogP contribution in [0.5, 0.6) is 0 Å². The van der Waals surface area contributed by atoms with Crippen molar-refractivity contribution in [2.75, 3.05) is 39.8 Å². The van der Waals surface area contributed by atoms with Gasteiger partial charge in [0.1, 0.15) is 0 Å². The first-order valence-electron chi connectivity index (χ1n) is 7.45. The average Bonchev–Trinajstić information content (AvgIpc) is 2.38. The molecule has 0 atom stereocenters. The maximum absolute atomic E-state index is 4.20. The van der Waals surface area contributed by atoms with Crippen LogP contribution in [0, 0.1) is 0 Å². The number of hydrogen-bond acceptors (Lipinski definition) is 2. The van der Waals surface area contributed by atoms with E-state index in [-0.39, 0.29) is 24.0 Å². The number of rotatable bonds is 10. The fraction of sp³-hybridized carbons (Fsp3) is 0.929. The zero-order valence-corrected chi connectivity index (χ0v) is 15.5. The molecule has 0 aromatic rings. The Morgan fingerprint density at radius 2 is 1.47 bits per heavy atom. The summed E-state index contributed by atoms with van der Waals surface area (Å²) in [6, 6.07) is 0. The smallest absolute Gasteiger partial charge is 0.190 e. The van der Waals surface area contributed by atoms with Crippen LogP contribution < -0.4 is 10.6 Å². The fourth-order valence-corrected chi connectivity index (χ4v) is 1.94. The highest BCUT2D eigenvalue weighted by molar-refractivity contribution is 14.0. The molecule has 0 saturated carbocycles. The zero-order valence-electron chi connectivity index (χ0n) is 13.2. The maximum Gasteiger partial charge on any atom is 0.190 e. The van der Waals surface area contributed by atoms with Crippen molar-refractivity contribution in [3.05, 3.63) is 0 Å². The Kier molecular flexibility index (Phi) is 17.9. The van der Waals surface area contributed by atoms with Gasteiger partial charge in [0.25, 0.3) is 0 Å². The van der Waals surface area contributed by atoms with Gasteiger partial charge in [0.05, 0.1) is 0 Å². The van der Waals surface area contributed by atoms with E-state index in [9.17, 15) is 0 Å². The Morgan fingerprint density at radius 1 is 0.895 bits per heavy atom. The summed E-state index contributed by atoms with van der Waals surface area (Å²) < 4.78 is 0. The Labute approximate surface area is 136 Å². The molecule has 0 heterocycles. The molecule has 0 unspecified atom stereocenters. The summed E-state index contributed by atoms with van der Waals surface area (Å²) in [5.41, 5.74) is 0. The zero-order chi connectivity index (χ0) is 13.6. The molecule has 0 fully saturated rings. The Morgan fingerprint density at radius 3 is 1.95 bits per heavy atom. The molecular formula is C14H33IN4. The van der Waals surface area contributed by atoms with Gasteiger partial charge < -0.3 is 15.5 Å². The van der Waals surface area contributed by atoms with Crippen LogP contribution in [-0.4, -0.2) is 50.6 Å². The van der Waals surface area contributed by atoms with Crippen molar-refractivity contribution in [1.82, 2.24) is 15.5 Å². The third-order valence-corrected chi connectivity index (χ3v) is 2.79. The summed E-state index contributed by atoms with van der Waals surface area (Å²) in [7, 11) is 1.82. The van der Waals surface area contributed by atoms with E-state index in [1.807, 2.05) is 7.05 Å². The summed E-state index contributed by atoms with van der Waals surface area (Å²) in [6.45, 7) is 12.3. The van der Waals surface area contributed by atoms with E-state index in [0.29, 0.717) is 0 Å². The lowest BCUT2D eigenvalue weighted by Crippen LogP contribution is -2.39. The van der Waals surface area contributed by atoms with Crippen LogP contribution in [0.1, 0.15) is 46.5 Å². The van der Waals surface area contributed by atoms with Crippen molar-refractivity contribution < 1.29 is 0 Å². The highest BCUT2D eigenvalue weighted by Gasteiger charge is 2.02. The number of aliphatic imine (C=N–C) groups is 1. The largest absolute Gasteiger partial charge is 0.356 e. The minimum atomic E-state index is 0. The quantitative estimate of drug-likeness (QED) is 0.263. The monoisotopic (exact) mass is 384 g/mol. The lowest BCUT2D eigenvalue weighted by Gasteiger charge is -2.21. The van der Waals surface area contributed by atoms with E-state index < -0.39 is 0 Å². The molecule has 0 aromatic heterocycles. The Bertz CT molecular complexity index is 204. The number of nitrogens with one attached hydrogen (secondary N) is 2. The second kappa shape index (κ2) is 16.0. The van der Waals surface area contributed by atoms with Crippen molar-refractivity contribution in [3.8, 4) is 0 Å². The number of halogens is 1. The van der Waals surface area contributed by atoms with Crippen LogP contribution in [0.4, 0.5) is 0 Å². The third-order valence-electron chi connectivity index (χ3n) is 2.79. The first kappa shape index (κ1) is 21.3. The average molecular weight is 384 g/mol. The van der Waals surface area contributed by atoms with Crippen molar-refractivity contribution in [1.29, 1.82) is 0 Å². The molecule has 19 heavy (non-hydrogen) atoms. The van der Waals surface area contributed by atoms with Crippen molar-refractivity contribution in [2.45, 2.75) is 46.5 Å². The van der Waals surface area contributed by atoms with Crippen LogP contribution in [0.15, 0.2) is 4.99 Å². The highest BCUT2D eigenvalue weighted by Crippen LogP contribution is 1.95. The first-order valence-corrected chi connectivity index (χ1v) is 7.45. The standard InChI is InChI=1S/C14H32N4.HI/c1-5-9-16-14(15-4)17-10-8-13-18(11-6-2)12-7-3;/h5-13H2,1-4H3,(H2,15,16,17);1H. The molecule has 0 aliphatic rings. The lowest BCUT2D eigenvalue weighted by molar-refractivity contribution is 0.271. The van der Waals surface area contributed by atoms with Crippen molar-refractivity contribution >= 4 is 29.9 Å². The van der Waals surface area contributed by atoms with Gasteiger partial charge >= 0.3 is 0 Å². The van der Waals surface area contributed by atoms with Gasteiger partial charge in [0, 0.05) is 20.1 Å². The summed E-state index contributed by atoms with van der Waals surface area (Å²) in [5.74, 6) is 0.925. The molecule has 0 radical (unpaired) electrons.